The molecule has 0 unspecified atom stereocenters. The summed E-state index contributed by atoms with van der Waals surface area (Å²) in [4.78, 5) is 0. The Morgan fingerprint density at radius 3 is 2.50 bits per heavy atom. The number of phenolic OH excluding ortho intramolecular Hbond substituents is 2. The number of phenols is 2. The van der Waals surface area contributed by atoms with Crippen molar-refractivity contribution in [2.45, 2.75) is 6.92 Å². The first-order valence-electron chi connectivity index (χ1n) is 6.80. The number of hydrogen-bond donors (Lipinski definition) is 2. The fraction of sp³-hybridized carbons (Fsp3) is 0.118. The smallest absolute Gasteiger partial charge is 0.368 e. The Morgan fingerprint density at radius 2 is 1.82 bits per heavy atom. The number of aromatic hydroxyl groups is 2. The van der Waals surface area contributed by atoms with Crippen molar-refractivity contribution in [1.29, 1.82) is 0 Å². The molecule has 2 aromatic carbocycles. The van der Waals surface area contributed by atoms with E-state index in [0.29, 0.717) is 28.2 Å². The average molecular weight is 362 g/mol. The van der Waals surface area contributed by atoms with E-state index in [1.165, 1.54) is 0 Å². The zero-order chi connectivity index (χ0) is 15.7. The third-order valence-corrected chi connectivity index (χ3v) is 3.88. The van der Waals surface area contributed by atoms with Crippen molar-refractivity contribution in [2.75, 3.05) is 6.61 Å². The minimum Gasteiger partial charge on any atom is -0.508 e. The van der Waals surface area contributed by atoms with Gasteiger partial charge in [0, 0.05) is 0 Å². The molecule has 1 heterocycles. The number of ether oxygens (including phenoxy) is 1. The van der Waals surface area contributed by atoms with Gasteiger partial charge in [0.2, 0.25) is 0 Å². The van der Waals surface area contributed by atoms with Gasteiger partial charge in [-0.05, 0) is 53.2 Å². The highest BCUT2D eigenvalue weighted by atomic mass is 79.9. The average Bonchev–Trinajstić information content (AvgIpc) is 2.50. The molecule has 5 heteroatoms. The Balaban J connectivity index is 2.23. The first-order chi connectivity index (χ1) is 10.6. The highest BCUT2D eigenvalue weighted by Gasteiger charge is 2.21. The van der Waals surface area contributed by atoms with Crippen molar-refractivity contribution in [3.05, 3.63) is 46.9 Å². The number of fused-ring (bicyclic) bond motifs is 1. The molecule has 112 valence electrons. The molecule has 0 radical (unpaired) electrons. The van der Waals surface area contributed by atoms with Gasteiger partial charge < -0.3 is 14.9 Å². The van der Waals surface area contributed by atoms with Crippen molar-refractivity contribution in [1.82, 2.24) is 0 Å². The Hall–Kier alpha value is -2.27. The zero-order valence-electron chi connectivity index (χ0n) is 11.8. The van der Waals surface area contributed by atoms with Crippen molar-refractivity contribution >= 4 is 26.9 Å². The first-order valence-corrected chi connectivity index (χ1v) is 7.59. The summed E-state index contributed by atoms with van der Waals surface area (Å²) in [6.07, 6.45) is 0. The third-order valence-electron chi connectivity index (χ3n) is 3.25. The predicted octanol–water partition coefficient (Wildman–Crippen LogP) is 4.95. The monoisotopic (exact) mass is 361 g/mol. The van der Waals surface area contributed by atoms with Crippen LogP contribution in [0.15, 0.2) is 51.4 Å². The number of rotatable bonds is 3. The number of benzene rings is 2. The van der Waals surface area contributed by atoms with Gasteiger partial charge in [0.05, 0.1) is 28.8 Å². The third kappa shape index (κ3) is 2.72. The lowest BCUT2D eigenvalue weighted by Crippen LogP contribution is -1.93. The Kier molecular flexibility index (Phi) is 3.90. The van der Waals surface area contributed by atoms with Crippen LogP contribution >= 0.6 is 15.9 Å². The van der Waals surface area contributed by atoms with Crippen LogP contribution in [0.25, 0.3) is 22.3 Å². The van der Waals surface area contributed by atoms with Crippen molar-refractivity contribution in [2.24, 2.45) is 0 Å². The molecule has 0 spiro atoms. The first kappa shape index (κ1) is 14.7. The van der Waals surface area contributed by atoms with Crippen molar-refractivity contribution in [3.63, 3.8) is 0 Å². The zero-order valence-corrected chi connectivity index (χ0v) is 13.4. The second kappa shape index (κ2) is 5.85. The summed E-state index contributed by atoms with van der Waals surface area (Å²) in [5.74, 6) is 1.56. The van der Waals surface area contributed by atoms with Gasteiger partial charge in [0.25, 0.3) is 0 Å². The van der Waals surface area contributed by atoms with Crippen molar-refractivity contribution < 1.29 is 19.4 Å². The van der Waals surface area contributed by atoms with Crippen LogP contribution < -0.4 is 4.74 Å². The van der Waals surface area contributed by atoms with Crippen LogP contribution in [0.3, 0.4) is 0 Å². The molecule has 3 aromatic rings. The van der Waals surface area contributed by atoms with E-state index in [2.05, 4.69) is 15.9 Å². The maximum absolute atomic E-state index is 9.86. The molecule has 0 aliphatic carbocycles. The van der Waals surface area contributed by atoms with Gasteiger partial charge in [-0.3, -0.25) is 0 Å². The Labute approximate surface area is 135 Å². The lowest BCUT2D eigenvalue weighted by molar-refractivity contribution is 0.342. The van der Waals surface area contributed by atoms with Gasteiger partial charge in [-0.1, -0.05) is 0 Å². The summed E-state index contributed by atoms with van der Waals surface area (Å²) in [5.41, 5.74) is 1.33. The standard InChI is InChI=1S/C17H13BrO4/c1-2-21-16-9-15(10-3-5-11(19)6-4-10)22-17-8-14(20)13(18)7-12(16)17/h3-9H,2H2,1H3,(H-,19,20)/p+1. The summed E-state index contributed by atoms with van der Waals surface area (Å²) < 4.78 is 12.1. The molecule has 1 aromatic heterocycles. The van der Waals surface area contributed by atoms with Crippen LogP contribution in [0.1, 0.15) is 6.92 Å². The Morgan fingerprint density at radius 1 is 1.09 bits per heavy atom. The molecule has 0 bridgehead atoms. The summed E-state index contributed by atoms with van der Waals surface area (Å²) in [7, 11) is 0. The topological polar surface area (TPSA) is 61.0 Å². The molecule has 0 amide bonds. The molecule has 0 saturated heterocycles. The number of hydrogen-bond acceptors (Lipinski definition) is 3. The van der Waals surface area contributed by atoms with E-state index in [1.54, 1.807) is 36.4 Å². The van der Waals surface area contributed by atoms with E-state index in [4.69, 9.17) is 9.15 Å². The van der Waals surface area contributed by atoms with Gasteiger partial charge in [0.15, 0.2) is 0 Å². The van der Waals surface area contributed by atoms with E-state index in [-0.39, 0.29) is 11.5 Å². The van der Waals surface area contributed by atoms with Crippen LogP contribution in [0.4, 0.5) is 0 Å². The maximum Gasteiger partial charge on any atom is 0.368 e. The summed E-state index contributed by atoms with van der Waals surface area (Å²) in [6, 6.07) is 11.8. The summed E-state index contributed by atoms with van der Waals surface area (Å²) >= 11 is 3.30. The van der Waals surface area contributed by atoms with Crippen LogP contribution in [0.2, 0.25) is 0 Å². The van der Waals surface area contributed by atoms with Gasteiger partial charge in [0.1, 0.15) is 22.6 Å². The molecule has 0 atom stereocenters. The predicted molar refractivity (Wildman–Crippen MR) is 88.3 cm³/mol. The fourth-order valence-electron chi connectivity index (χ4n) is 2.21. The highest BCUT2D eigenvalue weighted by molar-refractivity contribution is 9.10. The SMILES string of the molecule is CCOc1cc(-c2ccc(O)cc2)[o+]c2cc(O)c(Br)cc12. The van der Waals surface area contributed by atoms with E-state index in [1.807, 2.05) is 13.0 Å². The van der Waals surface area contributed by atoms with Gasteiger partial charge in [-0.2, -0.15) is 0 Å². The minimum atomic E-state index is 0.0987. The quantitative estimate of drug-likeness (QED) is 0.647. The van der Waals surface area contributed by atoms with Crippen LogP contribution in [-0.2, 0) is 0 Å². The van der Waals surface area contributed by atoms with E-state index < -0.39 is 0 Å². The highest BCUT2D eigenvalue weighted by Crippen LogP contribution is 2.38. The lowest BCUT2D eigenvalue weighted by atomic mass is 10.1. The second-order valence-electron chi connectivity index (χ2n) is 4.75. The van der Waals surface area contributed by atoms with E-state index in [9.17, 15) is 10.2 Å². The van der Waals surface area contributed by atoms with Crippen LogP contribution in [0.5, 0.6) is 17.2 Å². The second-order valence-corrected chi connectivity index (χ2v) is 5.61. The van der Waals surface area contributed by atoms with Gasteiger partial charge >= 0.3 is 11.3 Å². The molecule has 0 aliphatic heterocycles. The summed E-state index contributed by atoms with van der Waals surface area (Å²) in [5, 5.41) is 20.0. The number of halogens is 1. The molecule has 4 nitrogen and oxygen atoms in total. The van der Waals surface area contributed by atoms with Crippen molar-refractivity contribution in [3.8, 4) is 28.6 Å². The maximum atomic E-state index is 9.86. The van der Waals surface area contributed by atoms with E-state index in [0.717, 1.165) is 10.9 Å². The van der Waals surface area contributed by atoms with E-state index >= 15 is 0 Å². The molecule has 22 heavy (non-hydrogen) atoms. The largest absolute Gasteiger partial charge is 0.508 e. The lowest BCUT2D eigenvalue weighted by Gasteiger charge is -2.05. The molecule has 3 rings (SSSR count). The molecular formula is C17H14BrO4+. The van der Waals surface area contributed by atoms with Gasteiger partial charge in [-0.25, -0.2) is 4.42 Å². The molecule has 0 saturated carbocycles. The molecule has 2 N–H and O–H groups in total. The summed E-state index contributed by atoms with van der Waals surface area (Å²) in [6.45, 7) is 2.43. The normalized spacial score (nSPS) is 10.8. The molecule has 0 fully saturated rings. The minimum absolute atomic E-state index is 0.0987. The molecule has 0 aliphatic rings. The molecular weight excluding hydrogens is 348 g/mol. The van der Waals surface area contributed by atoms with Gasteiger partial charge in [-0.15, -0.1) is 0 Å². The Bertz CT molecular complexity index is 828. The fourth-order valence-corrected chi connectivity index (χ4v) is 2.55. The van der Waals surface area contributed by atoms with Crippen LogP contribution in [0, 0.1) is 0 Å². The van der Waals surface area contributed by atoms with Crippen LogP contribution in [-0.4, -0.2) is 16.8 Å².